The molecule has 0 saturated heterocycles. The molecule has 2 heterocycles. The van der Waals surface area contributed by atoms with Gasteiger partial charge in [0.25, 0.3) is 0 Å². The van der Waals surface area contributed by atoms with Gasteiger partial charge in [-0.15, -0.1) is 0 Å². The van der Waals surface area contributed by atoms with Crippen molar-refractivity contribution in [2.24, 2.45) is 5.92 Å². The van der Waals surface area contributed by atoms with Crippen LogP contribution in [-0.2, 0) is 6.42 Å². The topological polar surface area (TPSA) is 51.8 Å². The summed E-state index contributed by atoms with van der Waals surface area (Å²) in [7, 11) is 0. The summed E-state index contributed by atoms with van der Waals surface area (Å²) in [6, 6.07) is 48.3. The van der Waals surface area contributed by atoms with Gasteiger partial charge in [0.1, 0.15) is 11.3 Å². The number of rotatable bonds is 5. The SMILES string of the molecule is CC1C=Cc2c(oc3c(-c4ccc(-c5ccccc5-c5nc(-c6ccccc6)nc(-c6ccccc6)n5)cc4)c4ccccc4cc23)C1. The maximum Gasteiger partial charge on any atom is 0.164 e. The Hall–Kier alpha value is -6.13. The van der Waals surface area contributed by atoms with Gasteiger partial charge in [0, 0.05) is 39.6 Å². The first-order chi connectivity index (χ1) is 23.7. The molecule has 4 nitrogen and oxygen atoms in total. The molecule has 0 amide bonds. The van der Waals surface area contributed by atoms with E-state index in [1.165, 1.54) is 21.7 Å². The van der Waals surface area contributed by atoms with E-state index >= 15 is 0 Å². The second kappa shape index (κ2) is 11.6. The van der Waals surface area contributed by atoms with E-state index < -0.39 is 0 Å². The average molecular weight is 618 g/mol. The number of hydrogen-bond donors (Lipinski definition) is 0. The lowest BCUT2D eigenvalue weighted by molar-refractivity contribution is 0.514. The Kier molecular flexibility index (Phi) is 6.79. The molecule has 1 unspecified atom stereocenters. The lowest BCUT2D eigenvalue weighted by Gasteiger charge is -2.13. The van der Waals surface area contributed by atoms with Crippen LogP contribution in [0.2, 0.25) is 0 Å². The fraction of sp³-hybridized carbons (Fsp3) is 0.0682. The van der Waals surface area contributed by atoms with Crippen LogP contribution in [0.1, 0.15) is 18.2 Å². The Morgan fingerprint density at radius 1 is 0.542 bits per heavy atom. The van der Waals surface area contributed by atoms with Gasteiger partial charge in [0.05, 0.1) is 0 Å². The van der Waals surface area contributed by atoms with E-state index in [1.54, 1.807) is 0 Å². The number of benzene rings is 6. The number of hydrogen-bond acceptors (Lipinski definition) is 4. The van der Waals surface area contributed by atoms with E-state index in [4.69, 9.17) is 19.4 Å². The van der Waals surface area contributed by atoms with Crippen molar-refractivity contribution in [2.45, 2.75) is 13.3 Å². The summed E-state index contributed by atoms with van der Waals surface area (Å²) in [5.41, 5.74) is 9.43. The highest BCUT2D eigenvalue weighted by Gasteiger charge is 2.22. The van der Waals surface area contributed by atoms with E-state index in [0.29, 0.717) is 23.4 Å². The highest BCUT2D eigenvalue weighted by Crippen LogP contribution is 2.43. The number of nitrogens with zero attached hydrogens (tertiary/aromatic N) is 3. The van der Waals surface area contributed by atoms with Crippen LogP contribution in [0.3, 0.4) is 0 Å². The van der Waals surface area contributed by atoms with E-state index in [2.05, 4.69) is 91.9 Å². The molecule has 0 spiro atoms. The molecule has 48 heavy (non-hydrogen) atoms. The zero-order chi connectivity index (χ0) is 32.0. The zero-order valence-corrected chi connectivity index (χ0v) is 26.5. The van der Waals surface area contributed by atoms with Gasteiger partial charge in [0.2, 0.25) is 0 Å². The molecule has 2 aromatic heterocycles. The van der Waals surface area contributed by atoms with Crippen LogP contribution in [0, 0.1) is 5.92 Å². The van der Waals surface area contributed by atoms with Crippen molar-refractivity contribution >= 4 is 27.8 Å². The molecule has 0 saturated carbocycles. The largest absolute Gasteiger partial charge is 0.460 e. The molecule has 6 aromatic carbocycles. The Labute approximate surface area is 279 Å². The molecule has 0 N–H and O–H groups in total. The van der Waals surface area contributed by atoms with Crippen LogP contribution in [0.4, 0.5) is 0 Å². The van der Waals surface area contributed by atoms with Crippen molar-refractivity contribution in [2.75, 3.05) is 0 Å². The minimum atomic E-state index is 0.465. The van der Waals surface area contributed by atoms with E-state index in [1.807, 2.05) is 66.7 Å². The van der Waals surface area contributed by atoms with Crippen molar-refractivity contribution in [3.05, 3.63) is 157 Å². The second-order valence-electron chi connectivity index (χ2n) is 12.5. The molecular weight excluding hydrogens is 587 g/mol. The maximum atomic E-state index is 6.67. The number of aromatic nitrogens is 3. The molecule has 1 aliphatic rings. The van der Waals surface area contributed by atoms with Crippen molar-refractivity contribution in [1.82, 2.24) is 15.0 Å². The lowest BCUT2D eigenvalue weighted by Crippen LogP contribution is -2.01. The summed E-state index contributed by atoms with van der Waals surface area (Å²) in [4.78, 5) is 14.9. The molecular formula is C44H31N3O. The Balaban J connectivity index is 1.18. The van der Waals surface area contributed by atoms with Crippen molar-refractivity contribution in [3.63, 3.8) is 0 Å². The number of furan rings is 1. The van der Waals surface area contributed by atoms with Crippen LogP contribution in [0.5, 0.6) is 0 Å². The fourth-order valence-electron chi connectivity index (χ4n) is 6.88. The minimum Gasteiger partial charge on any atom is -0.460 e. The Morgan fingerprint density at radius 2 is 1.12 bits per heavy atom. The van der Waals surface area contributed by atoms with Crippen molar-refractivity contribution in [1.29, 1.82) is 0 Å². The van der Waals surface area contributed by atoms with Crippen LogP contribution in [0.15, 0.2) is 150 Å². The maximum absolute atomic E-state index is 6.67. The summed E-state index contributed by atoms with van der Waals surface area (Å²) in [6.45, 7) is 2.24. The monoisotopic (exact) mass is 617 g/mol. The van der Waals surface area contributed by atoms with Gasteiger partial charge in [0.15, 0.2) is 17.5 Å². The van der Waals surface area contributed by atoms with Gasteiger partial charge in [-0.05, 0) is 39.4 Å². The first kappa shape index (κ1) is 28.1. The first-order valence-electron chi connectivity index (χ1n) is 16.4. The molecule has 0 radical (unpaired) electrons. The minimum absolute atomic E-state index is 0.465. The van der Waals surface area contributed by atoms with E-state index in [9.17, 15) is 0 Å². The third-order valence-electron chi connectivity index (χ3n) is 9.27. The molecule has 9 rings (SSSR count). The molecule has 1 aliphatic carbocycles. The van der Waals surface area contributed by atoms with Gasteiger partial charge >= 0.3 is 0 Å². The summed E-state index contributed by atoms with van der Waals surface area (Å²) >= 11 is 0. The molecule has 0 bridgehead atoms. The Bertz CT molecular complexity index is 2420. The molecule has 0 fully saturated rings. The highest BCUT2D eigenvalue weighted by molar-refractivity contribution is 6.13. The molecule has 8 aromatic rings. The summed E-state index contributed by atoms with van der Waals surface area (Å²) in [5, 5.41) is 3.58. The van der Waals surface area contributed by atoms with Crippen LogP contribution < -0.4 is 0 Å². The second-order valence-corrected chi connectivity index (χ2v) is 12.5. The summed E-state index contributed by atoms with van der Waals surface area (Å²) in [5.74, 6) is 3.47. The predicted molar refractivity (Wildman–Crippen MR) is 196 cm³/mol. The van der Waals surface area contributed by atoms with Crippen LogP contribution in [0.25, 0.3) is 84.2 Å². The number of allylic oxidation sites excluding steroid dienone is 1. The van der Waals surface area contributed by atoms with E-state index in [0.717, 1.165) is 56.7 Å². The first-order valence-corrected chi connectivity index (χ1v) is 16.4. The van der Waals surface area contributed by atoms with Crippen molar-refractivity contribution in [3.8, 4) is 56.4 Å². The fourth-order valence-corrected chi connectivity index (χ4v) is 6.88. The third kappa shape index (κ3) is 4.90. The average Bonchev–Trinajstić information content (AvgIpc) is 3.51. The number of fused-ring (bicyclic) bond motifs is 4. The molecule has 0 aliphatic heterocycles. The zero-order valence-electron chi connectivity index (χ0n) is 26.5. The summed E-state index contributed by atoms with van der Waals surface area (Å²) in [6.07, 6.45) is 5.44. The summed E-state index contributed by atoms with van der Waals surface area (Å²) < 4.78 is 6.67. The smallest absolute Gasteiger partial charge is 0.164 e. The van der Waals surface area contributed by atoms with Gasteiger partial charge < -0.3 is 4.42 Å². The van der Waals surface area contributed by atoms with Gasteiger partial charge in [-0.3, -0.25) is 0 Å². The van der Waals surface area contributed by atoms with Gasteiger partial charge in [-0.1, -0.05) is 153 Å². The van der Waals surface area contributed by atoms with Crippen LogP contribution >= 0.6 is 0 Å². The molecule has 1 atom stereocenters. The predicted octanol–water partition coefficient (Wildman–Crippen LogP) is 11.3. The van der Waals surface area contributed by atoms with Gasteiger partial charge in [-0.2, -0.15) is 0 Å². The van der Waals surface area contributed by atoms with E-state index in [-0.39, 0.29) is 0 Å². The standard InChI is InChI=1S/C44H31N3O/c1-28-20-25-36-38-27-33-16-8-9-18-35(33)40(41(38)48-39(36)26-28)30-23-21-29(22-24-30)34-17-10-11-19-37(34)44-46-42(31-12-4-2-5-13-31)45-43(47-44)32-14-6-3-7-15-32/h2-25,27-28H,26H2,1H3. The van der Waals surface area contributed by atoms with Crippen molar-refractivity contribution < 1.29 is 4.42 Å². The van der Waals surface area contributed by atoms with Crippen LogP contribution in [-0.4, -0.2) is 15.0 Å². The highest BCUT2D eigenvalue weighted by atomic mass is 16.3. The lowest BCUT2D eigenvalue weighted by atomic mass is 9.91. The molecule has 228 valence electrons. The quantitative estimate of drug-likeness (QED) is 0.193. The Morgan fingerprint density at radius 3 is 1.83 bits per heavy atom. The third-order valence-corrected chi connectivity index (χ3v) is 9.27. The van der Waals surface area contributed by atoms with Gasteiger partial charge in [-0.25, -0.2) is 15.0 Å². The molecule has 4 heteroatoms. The normalized spacial score (nSPS) is 14.0.